The monoisotopic (exact) mass is 273 g/mol. The SMILES string of the molecule is OCCC1CCCN1CCCCCCCCCS. The lowest BCUT2D eigenvalue weighted by Gasteiger charge is -2.23. The number of likely N-dealkylation sites (tertiary alicyclic amines) is 1. The van der Waals surface area contributed by atoms with Crippen LogP contribution in [-0.4, -0.2) is 41.5 Å². The van der Waals surface area contributed by atoms with Crippen molar-refractivity contribution in [3.8, 4) is 0 Å². The van der Waals surface area contributed by atoms with Crippen LogP contribution in [0.25, 0.3) is 0 Å². The predicted octanol–water partition coefficient (Wildman–Crippen LogP) is 3.49. The molecule has 1 heterocycles. The Kier molecular flexibility index (Phi) is 10.1. The third-order valence-electron chi connectivity index (χ3n) is 4.06. The lowest BCUT2D eigenvalue weighted by atomic mass is 10.1. The van der Waals surface area contributed by atoms with Gasteiger partial charge in [0.1, 0.15) is 0 Å². The van der Waals surface area contributed by atoms with Crippen molar-refractivity contribution in [3.05, 3.63) is 0 Å². The van der Waals surface area contributed by atoms with Crippen LogP contribution in [-0.2, 0) is 0 Å². The summed E-state index contributed by atoms with van der Waals surface area (Å²) in [6.07, 6.45) is 13.1. The largest absolute Gasteiger partial charge is 0.396 e. The Labute approximate surface area is 119 Å². The zero-order valence-corrected chi connectivity index (χ0v) is 12.7. The van der Waals surface area contributed by atoms with Gasteiger partial charge >= 0.3 is 0 Å². The lowest BCUT2D eigenvalue weighted by molar-refractivity contribution is 0.192. The summed E-state index contributed by atoms with van der Waals surface area (Å²) in [6.45, 7) is 2.86. The van der Waals surface area contributed by atoms with Gasteiger partial charge in [0.05, 0.1) is 0 Å². The quantitative estimate of drug-likeness (QED) is 0.445. The molecule has 0 bridgehead atoms. The molecule has 0 aromatic carbocycles. The molecule has 1 unspecified atom stereocenters. The number of unbranched alkanes of at least 4 members (excludes halogenated alkanes) is 6. The van der Waals surface area contributed by atoms with E-state index in [2.05, 4.69) is 17.5 Å². The molecule has 0 aromatic rings. The number of nitrogens with zero attached hydrogens (tertiary/aromatic N) is 1. The van der Waals surface area contributed by atoms with E-state index in [0.717, 1.165) is 12.2 Å². The smallest absolute Gasteiger partial charge is 0.0445 e. The molecule has 1 saturated heterocycles. The number of aliphatic hydroxyl groups excluding tert-OH is 1. The Morgan fingerprint density at radius 1 is 1.00 bits per heavy atom. The standard InChI is InChI=1S/C15H31NOS/c17-13-10-15-9-8-12-16(15)11-6-4-2-1-3-5-7-14-18/h15,17-18H,1-14H2. The zero-order valence-electron chi connectivity index (χ0n) is 11.8. The molecule has 1 fully saturated rings. The van der Waals surface area contributed by atoms with Crippen LogP contribution in [0, 0.1) is 0 Å². The van der Waals surface area contributed by atoms with Crippen molar-refractivity contribution in [2.75, 3.05) is 25.4 Å². The molecule has 2 nitrogen and oxygen atoms in total. The summed E-state index contributed by atoms with van der Waals surface area (Å²) < 4.78 is 0. The fourth-order valence-corrected chi connectivity index (χ4v) is 3.20. The second-order valence-corrected chi connectivity index (χ2v) is 5.99. The van der Waals surface area contributed by atoms with Crippen LogP contribution >= 0.6 is 12.6 Å². The fraction of sp³-hybridized carbons (Fsp3) is 1.00. The van der Waals surface area contributed by atoms with Gasteiger partial charge in [0.2, 0.25) is 0 Å². The van der Waals surface area contributed by atoms with E-state index in [1.54, 1.807) is 0 Å². The highest BCUT2D eigenvalue weighted by atomic mass is 32.1. The highest BCUT2D eigenvalue weighted by Crippen LogP contribution is 2.20. The van der Waals surface area contributed by atoms with Gasteiger partial charge in [-0.3, -0.25) is 0 Å². The van der Waals surface area contributed by atoms with E-state index < -0.39 is 0 Å². The number of rotatable bonds is 11. The van der Waals surface area contributed by atoms with E-state index in [1.807, 2.05) is 0 Å². The molecule has 0 aliphatic carbocycles. The normalized spacial score (nSPS) is 20.7. The van der Waals surface area contributed by atoms with Crippen molar-refractivity contribution in [1.82, 2.24) is 4.90 Å². The maximum absolute atomic E-state index is 9.02. The Bertz CT molecular complexity index is 189. The molecular weight excluding hydrogens is 242 g/mol. The highest BCUT2D eigenvalue weighted by Gasteiger charge is 2.22. The van der Waals surface area contributed by atoms with Gasteiger partial charge in [0.15, 0.2) is 0 Å². The van der Waals surface area contributed by atoms with E-state index in [1.165, 1.54) is 70.9 Å². The van der Waals surface area contributed by atoms with E-state index in [-0.39, 0.29) is 0 Å². The summed E-state index contributed by atoms with van der Waals surface area (Å²) in [7, 11) is 0. The number of hydrogen-bond acceptors (Lipinski definition) is 3. The minimum atomic E-state index is 0.353. The highest BCUT2D eigenvalue weighted by molar-refractivity contribution is 7.80. The molecule has 1 aliphatic heterocycles. The Balaban J connectivity index is 1.91. The van der Waals surface area contributed by atoms with Gasteiger partial charge in [0, 0.05) is 12.6 Å². The molecule has 0 aromatic heterocycles. The number of hydrogen-bond donors (Lipinski definition) is 2. The first-order valence-corrected chi connectivity index (χ1v) is 8.47. The van der Waals surface area contributed by atoms with Gasteiger partial charge in [-0.05, 0) is 50.9 Å². The molecule has 0 amide bonds. The maximum Gasteiger partial charge on any atom is 0.0445 e. The summed E-state index contributed by atoms with van der Waals surface area (Å²) in [5.74, 6) is 1.04. The third kappa shape index (κ3) is 7.01. The minimum absolute atomic E-state index is 0.353. The predicted molar refractivity (Wildman–Crippen MR) is 82.5 cm³/mol. The second kappa shape index (κ2) is 11.1. The molecule has 1 rings (SSSR count). The van der Waals surface area contributed by atoms with Gasteiger partial charge in [-0.2, -0.15) is 12.6 Å². The van der Waals surface area contributed by atoms with E-state index in [9.17, 15) is 0 Å². The molecule has 0 spiro atoms. The van der Waals surface area contributed by atoms with Gasteiger partial charge in [-0.15, -0.1) is 0 Å². The fourth-order valence-electron chi connectivity index (χ4n) is 2.98. The summed E-state index contributed by atoms with van der Waals surface area (Å²) in [5, 5.41) is 9.02. The minimum Gasteiger partial charge on any atom is -0.396 e. The first-order valence-electron chi connectivity index (χ1n) is 7.84. The average molecular weight is 273 g/mol. The molecular formula is C15H31NOS. The Morgan fingerprint density at radius 3 is 2.33 bits per heavy atom. The average Bonchev–Trinajstić information content (AvgIpc) is 2.81. The first kappa shape index (κ1) is 16.3. The van der Waals surface area contributed by atoms with Gasteiger partial charge in [0.25, 0.3) is 0 Å². The number of aliphatic hydroxyl groups is 1. The lowest BCUT2D eigenvalue weighted by Crippen LogP contribution is -2.31. The summed E-state index contributed by atoms with van der Waals surface area (Å²) >= 11 is 4.23. The van der Waals surface area contributed by atoms with Crippen molar-refractivity contribution in [1.29, 1.82) is 0 Å². The second-order valence-electron chi connectivity index (χ2n) is 5.54. The van der Waals surface area contributed by atoms with Gasteiger partial charge in [-0.25, -0.2) is 0 Å². The molecule has 0 radical (unpaired) electrons. The molecule has 3 heteroatoms. The molecule has 0 saturated carbocycles. The van der Waals surface area contributed by atoms with Crippen LogP contribution in [0.15, 0.2) is 0 Å². The zero-order chi connectivity index (χ0) is 13.1. The molecule has 1 aliphatic rings. The van der Waals surface area contributed by atoms with E-state index in [0.29, 0.717) is 12.6 Å². The van der Waals surface area contributed by atoms with Gasteiger partial charge in [-0.1, -0.05) is 32.1 Å². The summed E-state index contributed by atoms with van der Waals surface area (Å²) in [5.41, 5.74) is 0. The molecule has 1 N–H and O–H groups in total. The first-order chi connectivity index (χ1) is 8.88. The molecule has 18 heavy (non-hydrogen) atoms. The number of thiol groups is 1. The molecule has 108 valence electrons. The van der Waals surface area contributed by atoms with Crippen molar-refractivity contribution in [3.63, 3.8) is 0 Å². The topological polar surface area (TPSA) is 23.5 Å². The van der Waals surface area contributed by atoms with Crippen LogP contribution in [0.4, 0.5) is 0 Å². The van der Waals surface area contributed by atoms with Crippen LogP contribution < -0.4 is 0 Å². The van der Waals surface area contributed by atoms with Crippen LogP contribution in [0.3, 0.4) is 0 Å². The van der Waals surface area contributed by atoms with Crippen molar-refractivity contribution < 1.29 is 5.11 Å². The van der Waals surface area contributed by atoms with E-state index >= 15 is 0 Å². The van der Waals surface area contributed by atoms with Crippen LogP contribution in [0.5, 0.6) is 0 Å². The van der Waals surface area contributed by atoms with Crippen molar-refractivity contribution in [2.45, 2.75) is 70.3 Å². The summed E-state index contributed by atoms with van der Waals surface area (Å²) in [6, 6.07) is 0.672. The van der Waals surface area contributed by atoms with Crippen LogP contribution in [0.2, 0.25) is 0 Å². The van der Waals surface area contributed by atoms with Crippen molar-refractivity contribution in [2.24, 2.45) is 0 Å². The Hall–Kier alpha value is 0.270. The summed E-state index contributed by atoms with van der Waals surface area (Å²) in [4.78, 5) is 2.59. The van der Waals surface area contributed by atoms with Crippen molar-refractivity contribution >= 4 is 12.6 Å². The maximum atomic E-state index is 9.02. The van der Waals surface area contributed by atoms with E-state index in [4.69, 9.17) is 5.11 Å². The Morgan fingerprint density at radius 2 is 1.67 bits per heavy atom. The third-order valence-corrected chi connectivity index (χ3v) is 4.38. The van der Waals surface area contributed by atoms with Gasteiger partial charge < -0.3 is 10.0 Å². The van der Waals surface area contributed by atoms with Crippen LogP contribution in [0.1, 0.15) is 64.2 Å². The molecule has 1 atom stereocenters.